The number of amides is 1. The number of carbonyl (C=O) groups excluding carboxylic acids is 1. The van der Waals surface area contributed by atoms with Crippen LogP contribution in [0.15, 0.2) is 30.3 Å². The molecule has 3 nitrogen and oxygen atoms in total. The van der Waals surface area contributed by atoms with Crippen LogP contribution >= 0.6 is 0 Å². The predicted octanol–water partition coefficient (Wildman–Crippen LogP) is 1.88. The lowest BCUT2D eigenvalue weighted by Crippen LogP contribution is -2.33. The molecule has 2 unspecified atom stereocenters. The van der Waals surface area contributed by atoms with Crippen LogP contribution in [0.4, 0.5) is 0 Å². The van der Waals surface area contributed by atoms with Gasteiger partial charge in [0.2, 0.25) is 5.91 Å². The molecular formula is C14H19NO2. The summed E-state index contributed by atoms with van der Waals surface area (Å²) in [5.41, 5.74) is 0.840. The van der Waals surface area contributed by atoms with E-state index in [-0.39, 0.29) is 11.8 Å². The maximum Gasteiger partial charge on any atom is 0.223 e. The Kier molecular flexibility index (Phi) is 3.79. The molecule has 0 saturated heterocycles. The van der Waals surface area contributed by atoms with Crippen molar-refractivity contribution in [3.05, 3.63) is 35.9 Å². The summed E-state index contributed by atoms with van der Waals surface area (Å²) in [6, 6.07) is 9.40. The van der Waals surface area contributed by atoms with E-state index in [2.05, 4.69) is 5.32 Å². The SMILES string of the molecule is CC(C(=O)NCC(O)c1ccccc1)C1CC1. The molecule has 0 heterocycles. The van der Waals surface area contributed by atoms with Crippen molar-refractivity contribution >= 4 is 5.91 Å². The second-order valence-corrected chi connectivity index (χ2v) is 4.80. The average molecular weight is 233 g/mol. The van der Waals surface area contributed by atoms with Gasteiger partial charge in [-0.3, -0.25) is 4.79 Å². The highest BCUT2D eigenvalue weighted by molar-refractivity contribution is 5.78. The number of hydrogen-bond acceptors (Lipinski definition) is 2. The summed E-state index contributed by atoms with van der Waals surface area (Å²) in [4.78, 5) is 11.7. The zero-order valence-electron chi connectivity index (χ0n) is 10.1. The van der Waals surface area contributed by atoms with E-state index in [4.69, 9.17) is 0 Å². The highest BCUT2D eigenvalue weighted by atomic mass is 16.3. The standard InChI is InChI=1S/C14H19NO2/c1-10(11-7-8-11)14(17)15-9-13(16)12-5-3-2-4-6-12/h2-6,10-11,13,16H,7-9H2,1H3,(H,15,17). The molecule has 0 spiro atoms. The van der Waals surface area contributed by atoms with E-state index in [0.29, 0.717) is 12.5 Å². The number of carbonyl (C=O) groups is 1. The molecular weight excluding hydrogens is 214 g/mol. The molecule has 0 bridgehead atoms. The lowest BCUT2D eigenvalue weighted by Gasteiger charge is -2.15. The molecule has 1 fully saturated rings. The lowest BCUT2D eigenvalue weighted by molar-refractivity contribution is -0.125. The Labute approximate surface area is 102 Å². The molecule has 2 atom stereocenters. The fourth-order valence-corrected chi connectivity index (χ4v) is 1.96. The highest BCUT2D eigenvalue weighted by Crippen LogP contribution is 2.36. The van der Waals surface area contributed by atoms with Gasteiger partial charge in [-0.2, -0.15) is 0 Å². The highest BCUT2D eigenvalue weighted by Gasteiger charge is 2.32. The van der Waals surface area contributed by atoms with Gasteiger partial charge in [0.05, 0.1) is 6.10 Å². The Morgan fingerprint density at radius 3 is 2.65 bits per heavy atom. The monoisotopic (exact) mass is 233 g/mol. The van der Waals surface area contributed by atoms with E-state index in [1.54, 1.807) is 0 Å². The van der Waals surface area contributed by atoms with Crippen molar-refractivity contribution in [3.8, 4) is 0 Å². The third kappa shape index (κ3) is 3.30. The first-order chi connectivity index (χ1) is 8.18. The summed E-state index contributed by atoms with van der Waals surface area (Å²) < 4.78 is 0. The number of nitrogens with one attached hydrogen (secondary N) is 1. The van der Waals surface area contributed by atoms with Gasteiger partial charge in [0.25, 0.3) is 0 Å². The van der Waals surface area contributed by atoms with E-state index in [1.165, 1.54) is 0 Å². The normalized spacial score (nSPS) is 18.5. The number of hydrogen-bond donors (Lipinski definition) is 2. The molecule has 1 amide bonds. The Morgan fingerprint density at radius 2 is 2.06 bits per heavy atom. The van der Waals surface area contributed by atoms with E-state index in [9.17, 15) is 9.90 Å². The zero-order chi connectivity index (χ0) is 12.3. The topological polar surface area (TPSA) is 49.3 Å². The molecule has 1 aromatic rings. The first kappa shape index (κ1) is 12.1. The Hall–Kier alpha value is -1.35. The molecule has 0 radical (unpaired) electrons. The van der Waals surface area contributed by atoms with E-state index < -0.39 is 6.10 Å². The van der Waals surface area contributed by atoms with Crippen molar-refractivity contribution in [2.24, 2.45) is 11.8 Å². The molecule has 17 heavy (non-hydrogen) atoms. The number of aliphatic hydroxyl groups is 1. The van der Waals surface area contributed by atoms with Crippen LogP contribution in [0.1, 0.15) is 31.4 Å². The summed E-state index contributed by atoms with van der Waals surface area (Å²) in [5.74, 6) is 0.698. The molecule has 2 N–H and O–H groups in total. The van der Waals surface area contributed by atoms with Gasteiger partial charge in [0.15, 0.2) is 0 Å². The molecule has 1 aliphatic carbocycles. The van der Waals surface area contributed by atoms with Gasteiger partial charge in [0.1, 0.15) is 0 Å². The molecule has 1 aliphatic rings. The minimum absolute atomic E-state index is 0.0579. The summed E-state index contributed by atoms with van der Waals surface area (Å²) in [6.45, 7) is 2.25. The molecule has 0 aromatic heterocycles. The van der Waals surface area contributed by atoms with Crippen molar-refractivity contribution in [1.82, 2.24) is 5.32 Å². The van der Waals surface area contributed by atoms with E-state index >= 15 is 0 Å². The molecule has 92 valence electrons. The smallest absolute Gasteiger partial charge is 0.223 e. The minimum atomic E-state index is -0.619. The quantitative estimate of drug-likeness (QED) is 0.816. The number of benzene rings is 1. The Bertz CT molecular complexity index is 373. The predicted molar refractivity (Wildman–Crippen MR) is 66.3 cm³/mol. The maximum absolute atomic E-state index is 11.7. The third-order valence-corrected chi connectivity index (χ3v) is 3.40. The second-order valence-electron chi connectivity index (χ2n) is 4.80. The zero-order valence-corrected chi connectivity index (χ0v) is 10.1. The summed E-state index contributed by atoms with van der Waals surface area (Å²) in [7, 11) is 0. The fraction of sp³-hybridized carbons (Fsp3) is 0.500. The largest absolute Gasteiger partial charge is 0.387 e. The maximum atomic E-state index is 11.7. The van der Waals surface area contributed by atoms with Crippen LogP contribution in [-0.4, -0.2) is 17.6 Å². The van der Waals surface area contributed by atoms with Crippen LogP contribution in [0.2, 0.25) is 0 Å². The summed E-state index contributed by atoms with van der Waals surface area (Å²) >= 11 is 0. The molecule has 2 rings (SSSR count). The van der Waals surface area contributed by atoms with Gasteiger partial charge >= 0.3 is 0 Å². The van der Waals surface area contributed by atoms with Gasteiger partial charge in [-0.1, -0.05) is 37.3 Å². The third-order valence-electron chi connectivity index (χ3n) is 3.40. The van der Waals surface area contributed by atoms with Crippen LogP contribution in [0.5, 0.6) is 0 Å². The van der Waals surface area contributed by atoms with E-state index in [1.807, 2.05) is 37.3 Å². The minimum Gasteiger partial charge on any atom is -0.387 e. The average Bonchev–Trinajstić information content (AvgIpc) is 3.20. The van der Waals surface area contributed by atoms with Crippen molar-refractivity contribution < 1.29 is 9.90 Å². The van der Waals surface area contributed by atoms with Gasteiger partial charge in [0, 0.05) is 12.5 Å². The van der Waals surface area contributed by atoms with Gasteiger partial charge < -0.3 is 10.4 Å². The number of aliphatic hydroxyl groups excluding tert-OH is 1. The summed E-state index contributed by atoms with van der Waals surface area (Å²) in [5, 5.41) is 12.7. The van der Waals surface area contributed by atoms with Crippen LogP contribution in [0.3, 0.4) is 0 Å². The van der Waals surface area contributed by atoms with Crippen LogP contribution in [0.25, 0.3) is 0 Å². The Balaban J connectivity index is 1.79. The first-order valence-electron chi connectivity index (χ1n) is 6.19. The van der Waals surface area contributed by atoms with Crippen molar-refractivity contribution in [1.29, 1.82) is 0 Å². The van der Waals surface area contributed by atoms with Gasteiger partial charge in [-0.05, 0) is 24.3 Å². The molecule has 1 saturated carbocycles. The van der Waals surface area contributed by atoms with Crippen molar-refractivity contribution in [3.63, 3.8) is 0 Å². The molecule has 0 aliphatic heterocycles. The number of rotatable bonds is 5. The van der Waals surface area contributed by atoms with Gasteiger partial charge in [-0.25, -0.2) is 0 Å². The second kappa shape index (κ2) is 5.32. The first-order valence-corrected chi connectivity index (χ1v) is 6.19. The molecule has 1 aromatic carbocycles. The van der Waals surface area contributed by atoms with Crippen molar-refractivity contribution in [2.45, 2.75) is 25.9 Å². The van der Waals surface area contributed by atoms with Crippen LogP contribution in [-0.2, 0) is 4.79 Å². The lowest BCUT2D eigenvalue weighted by atomic mass is 10.1. The summed E-state index contributed by atoms with van der Waals surface area (Å²) in [6.07, 6.45) is 1.71. The fourth-order valence-electron chi connectivity index (χ4n) is 1.96. The molecule has 3 heteroatoms. The van der Waals surface area contributed by atoms with Crippen LogP contribution in [0, 0.1) is 11.8 Å². The van der Waals surface area contributed by atoms with Gasteiger partial charge in [-0.15, -0.1) is 0 Å². The Morgan fingerprint density at radius 1 is 1.41 bits per heavy atom. The van der Waals surface area contributed by atoms with Crippen molar-refractivity contribution in [2.75, 3.05) is 6.54 Å². The van der Waals surface area contributed by atoms with Crippen LogP contribution < -0.4 is 5.32 Å². The van der Waals surface area contributed by atoms with E-state index in [0.717, 1.165) is 18.4 Å².